The van der Waals surface area contributed by atoms with Gasteiger partial charge in [0, 0.05) is 6.07 Å². The lowest BCUT2D eigenvalue weighted by Crippen LogP contribution is -2.18. The van der Waals surface area contributed by atoms with E-state index in [4.69, 9.17) is 14.6 Å². The first-order valence-electron chi connectivity index (χ1n) is 5.49. The Morgan fingerprint density at radius 2 is 1.89 bits per heavy atom. The average molecular weight is 269 g/mol. The summed E-state index contributed by atoms with van der Waals surface area (Å²) in [4.78, 5) is 25.7. The lowest BCUT2D eigenvalue weighted by Gasteiger charge is -2.12. The lowest BCUT2D eigenvalue weighted by molar-refractivity contribution is -0.146. The molecule has 0 atom stereocenters. The molecule has 0 saturated heterocycles. The number of rotatable bonds is 6. The highest BCUT2D eigenvalue weighted by Crippen LogP contribution is 2.24. The number of carbonyl (C=O) groups is 2. The van der Waals surface area contributed by atoms with Crippen LogP contribution in [0, 0.1) is 0 Å². The van der Waals surface area contributed by atoms with Gasteiger partial charge in [0.15, 0.2) is 6.61 Å². The highest BCUT2D eigenvalue weighted by molar-refractivity contribution is 5.88. The topological polar surface area (TPSA) is 108 Å². The van der Waals surface area contributed by atoms with Crippen LogP contribution in [0.5, 0.6) is 11.5 Å². The quantitative estimate of drug-likeness (QED) is 0.740. The number of ether oxygens (including phenoxy) is 2. The molecule has 0 unspecified atom stereocenters. The molecule has 0 saturated carbocycles. The number of hydrogen-bond donors (Lipinski definition) is 2. The summed E-state index contributed by atoms with van der Waals surface area (Å²) in [5.74, 6) is 3.29. The van der Waals surface area contributed by atoms with E-state index in [1.54, 1.807) is 13.8 Å². The van der Waals surface area contributed by atoms with Gasteiger partial charge in [0.2, 0.25) is 0 Å². The van der Waals surface area contributed by atoms with Crippen molar-refractivity contribution in [2.24, 2.45) is 5.90 Å². The van der Waals surface area contributed by atoms with Gasteiger partial charge in [-0.25, -0.2) is 9.59 Å². The minimum absolute atomic E-state index is 0.00531. The molecule has 104 valence electrons. The van der Waals surface area contributed by atoms with E-state index in [0.29, 0.717) is 5.75 Å². The van der Waals surface area contributed by atoms with Crippen molar-refractivity contribution >= 4 is 11.9 Å². The van der Waals surface area contributed by atoms with Crippen molar-refractivity contribution in [3.05, 3.63) is 23.8 Å². The van der Waals surface area contributed by atoms with Crippen LogP contribution in [0.3, 0.4) is 0 Å². The summed E-state index contributed by atoms with van der Waals surface area (Å²) in [6.45, 7) is 3.19. The third-order valence-corrected chi connectivity index (χ3v) is 1.99. The second-order valence-electron chi connectivity index (χ2n) is 3.94. The van der Waals surface area contributed by atoms with Crippen LogP contribution in [0.4, 0.5) is 0 Å². The molecule has 7 nitrogen and oxygen atoms in total. The summed E-state index contributed by atoms with van der Waals surface area (Å²) in [6, 6.07) is 4.13. The van der Waals surface area contributed by atoms with Crippen molar-refractivity contribution in [1.29, 1.82) is 0 Å². The van der Waals surface area contributed by atoms with Crippen LogP contribution in [0.15, 0.2) is 18.2 Å². The Bertz CT molecular complexity index is 471. The smallest absolute Gasteiger partial charge is 0.362 e. The van der Waals surface area contributed by atoms with Gasteiger partial charge in [0.1, 0.15) is 11.5 Å². The zero-order valence-corrected chi connectivity index (χ0v) is 10.6. The molecule has 1 aromatic rings. The van der Waals surface area contributed by atoms with Crippen molar-refractivity contribution in [1.82, 2.24) is 0 Å². The highest BCUT2D eigenvalue weighted by Gasteiger charge is 2.11. The molecule has 0 fully saturated rings. The highest BCUT2D eigenvalue weighted by atomic mass is 16.7. The fourth-order valence-corrected chi connectivity index (χ4v) is 1.30. The van der Waals surface area contributed by atoms with E-state index in [2.05, 4.69) is 10.7 Å². The third-order valence-electron chi connectivity index (χ3n) is 1.99. The lowest BCUT2D eigenvalue weighted by atomic mass is 10.2. The van der Waals surface area contributed by atoms with Crippen LogP contribution in [0.1, 0.15) is 24.2 Å². The predicted molar refractivity (Wildman–Crippen MR) is 64.9 cm³/mol. The molecule has 19 heavy (non-hydrogen) atoms. The molecule has 7 heteroatoms. The van der Waals surface area contributed by atoms with Gasteiger partial charge in [-0.2, -0.15) is 5.90 Å². The number of benzene rings is 1. The van der Waals surface area contributed by atoms with Gasteiger partial charge in [-0.3, -0.25) is 0 Å². The maximum atomic E-state index is 11.0. The van der Waals surface area contributed by atoms with Crippen molar-refractivity contribution in [2.75, 3.05) is 6.61 Å². The minimum atomic E-state index is -1.12. The summed E-state index contributed by atoms with van der Waals surface area (Å²) < 4.78 is 10.5. The zero-order chi connectivity index (χ0) is 14.4. The standard InChI is InChI=1S/C12H15NO6/c1-7(2)18-10-4-8(12(15)16)3-9(5-10)17-6-11(14)19-13/h3-5,7H,6,13H2,1-2H3,(H,15,16). The predicted octanol–water partition coefficient (Wildman–Crippen LogP) is 0.968. The van der Waals surface area contributed by atoms with Gasteiger partial charge in [-0.1, -0.05) is 0 Å². The summed E-state index contributed by atoms with van der Waals surface area (Å²) in [5.41, 5.74) is -0.00531. The molecule has 0 bridgehead atoms. The molecular formula is C12H15NO6. The van der Waals surface area contributed by atoms with E-state index in [1.165, 1.54) is 18.2 Å². The van der Waals surface area contributed by atoms with E-state index in [9.17, 15) is 9.59 Å². The fourth-order valence-electron chi connectivity index (χ4n) is 1.30. The number of carbonyl (C=O) groups excluding carboxylic acids is 1. The first-order valence-corrected chi connectivity index (χ1v) is 5.49. The largest absolute Gasteiger partial charge is 0.491 e. The van der Waals surface area contributed by atoms with Gasteiger partial charge < -0.3 is 19.4 Å². The molecule has 0 amide bonds. The maximum absolute atomic E-state index is 11.0. The van der Waals surface area contributed by atoms with Crippen molar-refractivity contribution in [2.45, 2.75) is 20.0 Å². The van der Waals surface area contributed by atoms with Crippen molar-refractivity contribution in [3.63, 3.8) is 0 Å². The second kappa shape index (κ2) is 6.60. The van der Waals surface area contributed by atoms with E-state index in [1.807, 2.05) is 0 Å². The fraction of sp³-hybridized carbons (Fsp3) is 0.333. The molecule has 3 N–H and O–H groups in total. The Labute approximate surface area is 109 Å². The Hall–Kier alpha value is -2.28. The Kier molecular flexibility index (Phi) is 5.13. The molecule has 0 spiro atoms. The number of carboxylic acids is 1. The average Bonchev–Trinajstić information content (AvgIpc) is 2.34. The molecule has 1 rings (SSSR count). The molecule has 0 radical (unpaired) electrons. The SMILES string of the molecule is CC(C)Oc1cc(OCC(=O)ON)cc(C(=O)O)c1. The number of nitrogens with two attached hydrogens (primary N) is 1. The van der Waals surface area contributed by atoms with Crippen molar-refractivity contribution in [3.8, 4) is 11.5 Å². The van der Waals surface area contributed by atoms with Crippen LogP contribution < -0.4 is 15.4 Å². The summed E-state index contributed by atoms with van der Waals surface area (Å²) in [7, 11) is 0. The van der Waals surface area contributed by atoms with Gasteiger partial charge in [-0.05, 0) is 26.0 Å². The molecule has 0 aliphatic rings. The van der Waals surface area contributed by atoms with E-state index in [-0.39, 0.29) is 17.4 Å². The Balaban J connectivity index is 2.92. The molecule has 1 aromatic carbocycles. The Morgan fingerprint density at radius 1 is 1.26 bits per heavy atom. The van der Waals surface area contributed by atoms with E-state index < -0.39 is 18.5 Å². The van der Waals surface area contributed by atoms with Gasteiger partial charge in [0.25, 0.3) is 0 Å². The number of hydrogen-bond acceptors (Lipinski definition) is 6. The first kappa shape index (κ1) is 14.8. The van der Waals surface area contributed by atoms with Gasteiger partial charge >= 0.3 is 11.9 Å². The van der Waals surface area contributed by atoms with Crippen LogP contribution in [-0.4, -0.2) is 29.8 Å². The minimum Gasteiger partial charge on any atom is -0.491 e. The molecule has 0 aliphatic heterocycles. The van der Waals surface area contributed by atoms with Gasteiger partial charge in [0.05, 0.1) is 11.7 Å². The monoisotopic (exact) mass is 269 g/mol. The van der Waals surface area contributed by atoms with E-state index in [0.717, 1.165) is 0 Å². The Morgan fingerprint density at radius 3 is 2.42 bits per heavy atom. The maximum Gasteiger partial charge on any atom is 0.362 e. The second-order valence-corrected chi connectivity index (χ2v) is 3.94. The van der Waals surface area contributed by atoms with Crippen LogP contribution in [-0.2, 0) is 9.63 Å². The molecule has 0 aromatic heterocycles. The first-order chi connectivity index (χ1) is 8.92. The molecular weight excluding hydrogens is 254 g/mol. The number of aromatic carboxylic acids is 1. The normalized spacial score (nSPS) is 10.1. The van der Waals surface area contributed by atoms with Crippen molar-refractivity contribution < 1.29 is 29.0 Å². The van der Waals surface area contributed by atoms with Gasteiger partial charge in [-0.15, -0.1) is 0 Å². The van der Waals surface area contributed by atoms with Crippen LogP contribution >= 0.6 is 0 Å². The zero-order valence-electron chi connectivity index (χ0n) is 10.6. The van der Waals surface area contributed by atoms with E-state index >= 15 is 0 Å². The molecule has 0 heterocycles. The molecule has 0 aliphatic carbocycles. The number of carboxylic acid groups (broad SMARTS) is 1. The third kappa shape index (κ3) is 4.84. The summed E-state index contributed by atoms with van der Waals surface area (Å²) in [6.07, 6.45) is -0.120. The van der Waals surface area contributed by atoms with Crippen LogP contribution in [0.25, 0.3) is 0 Å². The summed E-state index contributed by atoms with van der Waals surface area (Å²) >= 11 is 0. The summed E-state index contributed by atoms with van der Waals surface area (Å²) in [5, 5.41) is 8.97. The van der Waals surface area contributed by atoms with Crippen LogP contribution in [0.2, 0.25) is 0 Å².